The molecule has 1 unspecified atom stereocenters. The summed E-state index contributed by atoms with van der Waals surface area (Å²) in [6.07, 6.45) is 0.751. The maximum absolute atomic E-state index is 12.5. The van der Waals surface area contributed by atoms with Crippen LogP contribution in [0.3, 0.4) is 0 Å². The highest BCUT2D eigenvalue weighted by atomic mass is 32.1. The largest absolute Gasteiger partial charge is 0.365 e. The van der Waals surface area contributed by atoms with Crippen LogP contribution in [0, 0.1) is 10.1 Å². The number of amides is 2. The first-order chi connectivity index (χ1) is 12.4. The third kappa shape index (κ3) is 3.44. The lowest BCUT2D eigenvalue weighted by molar-refractivity contribution is -0.913. The minimum atomic E-state index is -0.554. The molecular formula is C17H19N4O4S+. The summed E-state index contributed by atoms with van der Waals surface area (Å²) in [5.41, 5.74) is 7.05. The number of carbonyl (C=O) groups excluding carboxylic acids is 2. The van der Waals surface area contributed by atoms with Crippen molar-refractivity contribution in [2.75, 3.05) is 18.4 Å². The van der Waals surface area contributed by atoms with Gasteiger partial charge in [0.2, 0.25) is 0 Å². The summed E-state index contributed by atoms with van der Waals surface area (Å²) >= 11 is 1.38. The van der Waals surface area contributed by atoms with Gasteiger partial charge in [0, 0.05) is 24.1 Å². The number of nitrogens with two attached hydrogens (primary N) is 1. The summed E-state index contributed by atoms with van der Waals surface area (Å²) in [4.78, 5) is 37.1. The van der Waals surface area contributed by atoms with Gasteiger partial charge in [-0.05, 0) is 24.6 Å². The molecule has 1 aliphatic heterocycles. The number of hydrogen-bond donors (Lipinski definition) is 3. The van der Waals surface area contributed by atoms with E-state index in [1.54, 1.807) is 0 Å². The standard InChI is InChI=1S/C17H18N4O4S/c1-2-20-8-7-12-13(9-20)26-17(14(12)15(18)22)19-16(23)10-3-5-11(6-4-10)21(24)25/h3-6H,2,7-9H2,1H3,(H2,18,22)(H,19,23)/p+1. The van der Waals surface area contributed by atoms with Crippen molar-refractivity contribution in [1.29, 1.82) is 0 Å². The third-order valence-corrected chi connectivity index (χ3v) is 5.69. The summed E-state index contributed by atoms with van der Waals surface area (Å²) in [6.45, 7) is 4.84. The van der Waals surface area contributed by atoms with Crippen LogP contribution in [-0.4, -0.2) is 29.8 Å². The Balaban J connectivity index is 1.87. The molecule has 0 radical (unpaired) electrons. The van der Waals surface area contributed by atoms with Crippen LogP contribution in [0.1, 0.15) is 38.1 Å². The first kappa shape index (κ1) is 18.0. The lowest BCUT2D eigenvalue weighted by Crippen LogP contribution is -3.11. The van der Waals surface area contributed by atoms with E-state index in [-0.39, 0.29) is 11.3 Å². The number of primary amides is 1. The van der Waals surface area contributed by atoms with Crippen LogP contribution in [0.4, 0.5) is 10.7 Å². The van der Waals surface area contributed by atoms with Crippen LogP contribution in [0.25, 0.3) is 0 Å². The summed E-state index contributed by atoms with van der Waals surface area (Å²) < 4.78 is 0. The van der Waals surface area contributed by atoms with Crippen molar-refractivity contribution in [3.05, 3.63) is 55.9 Å². The minimum absolute atomic E-state index is 0.0893. The summed E-state index contributed by atoms with van der Waals surface area (Å²) in [6, 6.07) is 5.31. The molecule has 1 aliphatic rings. The van der Waals surface area contributed by atoms with Crippen molar-refractivity contribution < 1.29 is 19.4 Å². The number of carbonyl (C=O) groups is 2. The van der Waals surface area contributed by atoms with Crippen LogP contribution >= 0.6 is 11.3 Å². The first-order valence-corrected chi connectivity index (χ1v) is 9.06. The van der Waals surface area contributed by atoms with Gasteiger partial charge >= 0.3 is 0 Å². The first-order valence-electron chi connectivity index (χ1n) is 8.24. The Morgan fingerprint density at radius 3 is 2.62 bits per heavy atom. The van der Waals surface area contributed by atoms with Crippen molar-refractivity contribution >= 4 is 33.8 Å². The van der Waals surface area contributed by atoms with Gasteiger partial charge in [-0.3, -0.25) is 19.7 Å². The minimum Gasteiger partial charge on any atom is -0.365 e. The van der Waals surface area contributed by atoms with Gasteiger partial charge in [0.1, 0.15) is 11.5 Å². The number of hydrogen-bond acceptors (Lipinski definition) is 5. The quantitative estimate of drug-likeness (QED) is 0.533. The summed E-state index contributed by atoms with van der Waals surface area (Å²) in [7, 11) is 0. The molecule has 0 saturated heterocycles. The Hall–Kier alpha value is -2.78. The van der Waals surface area contributed by atoms with E-state index in [2.05, 4.69) is 12.2 Å². The number of nitrogens with one attached hydrogen (secondary N) is 2. The van der Waals surface area contributed by atoms with Crippen molar-refractivity contribution in [3.63, 3.8) is 0 Å². The van der Waals surface area contributed by atoms with Gasteiger partial charge in [0.15, 0.2) is 0 Å². The van der Waals surface area contributed by atoms with Gasteiger partial charge in [-0.25, -0.2) is 0 Å². The number of quaternary nitrogens is 1. The van der Waals surface area contributed by atoms with Crippen molar-refractivity contribution in [2.45, 2.75) is 19.9 Å². The second-order valence-electron chi connectivity index (χ2n) is 6.11. The molecule has 2 aromatic rings. The lowest BCUT2D eigenvalue weighted by Gasteiger charge is -2.22. The molecule has 4 N–H and O–H groups in total. The molecule has 2 heterocycles. The fraction of sp³-hybridized carbons (Fsp3) is 0.294. The van der Waals surface area contributed by atoms with Gasteiger partial charge in [0.05, 0.1) is 28.5 Å². The van der Waals surface area contributed by atoms with E-state index < -0.39 is 16.7 Å². The highest BCUT2D eigenvalue weighted by Gasteiger charge is 2.29. The van der Waals surface area contributed by atoms with E-state index in [0.717, 1.165) is 36.5 Å². The fourth-order valence-electron chi connectivity index (χ4n) is 3.10. The van der Waals surface area contributed by atoms with E-state index in [1.165, 1.54) is 40.5 Å². The monoisotopic (exact) mass is 375 g/mol. The maximum Gasteiger partial charge on any atom is 0.269 e. The topological polar surface area (TPSA) is 120 Å². The molecule has 26 heavy (non-hydrogen) atoms. The zero-order valence-electron chi connectivity index (χ0n) is 14.2. The SMILES string of the molecule is CC[NH+]1CCc2c(sc(NC(=O)c3ccc([N+](=O)[O-])cc3)c2C(N)=O)C1. The molecule has 0 bridgehead atoms. The number of nitro groups is 1. The van der Waals surface area contributed by atoms with Crippen LogP contribution in [0.2, 0.25) is 0 Å². The van der Waals surface area contributed by atoms with Crippen molar-refractivity contribution in [3.8, 4) is 0 Å². The summed E-state index contributed by atoms with van der Waals surface area (Å²) in [5.74, 6) is -0.984. The van der Waals surface area contributed by atoms with Gasteiger partial charge in [-0.15, -0.1) is 11.3 Å². The third-order valence-electron chi connectivity index (χ3n) is 4.54. The number of nitrogens with zero attached hydrogens (tertiary/aromatic N) is 1. The average Bonchev–Trinajstić information content (AvgIpc) is 2.98. The molecule has 8 nitrogen and oxygen atoms in total. The van der Waals surface area contributed by atoms with Gasteiger partial charge in [0.25, 0.3) is 17.5 Å². The number of likely N-dealkylation sites (N-methyl/N-ethyl adjacent to an activating group) is 1. The van der Waals surface area contributed by atoms with E-state index in [4.69, 9.17) is 5.73 Å². The van der Waals surface area contributed by atoms with Crippen LogP contribution in [0.15, 0.2) is 24.3 Å². The van der Waals surface area contributed by atoms with E-state index in [0.29, 0.717) is 10.6 Å². The lowest BCUT2D eigenvalue weighted by atomic mass is 10.0. The molecule has 1 atom stereocenters. The smallest absolute Gasteiger partial charge is 0.269 e. The van der Waals surface area contributed by atoms with Crippen LogP contribution in [0.5, 0.6) is 0 Å². The average molecular weight is 375 g/mol. The molecule has 0 aliphatic carbocycles. The number of fused-ring (bicyclic) bond motifs is 1. The molecule has 9 heteroatoms. The number of thiophene rings is 1. The van der Waals surface area contributed by atoms with E-state index in [9.17, 15) is 19.7 Å². The zero-order valence-corrected chi connectivity index (χ0v) is 15.0. The molecule has 0 spiro atoms. The Morgan fingerprint density at radius 2 is 2.04 bits per heavy atom. The van der Waals surface area contributed by atoms with E-state index >= 15 is 0 Å². The van der Waals surface area contributed by atoms with Crippen molar-refractivity contribution in [1.82, 2.24) is 0 Å². The molecule has 0 saturated carbocycles. The predicted octanol–water partition coefficient (Wildman–Crippen LogP) is 0.968. The Morgan fingerprint density at radius 1 is 1.35 bits per heavy atom. The van der Waals surface area contributed by atoms with Gasteiger partial charge in [-0.2, -0.15) is 0 Å². The normalized spacial score (nSPS) is 16.0. The Bertz CT molecular complexity index is 876. The summed E-state index contributed by atoms with van der Waals surface area (Å²) in [5, 5.41) is 13.9. The maximum atomic E-state index is 12.5. The number of benzene rings is 1. The second kappa shape index (κ2) is 7.22. The fourth-order valence-corrected chi connectivity index (χ4v) is 4.42. The number of non-ortho nitro benzene ring substituents is 1. The molecule has 0 fully saturated rings. The number of rotatable bonds is 5. The molecule has 136 valence electrons. The van der Waals surface area contributed by atoms with Crippen molar-refractivity contribution in [2.24, 2.45) is 5.73 Å². The van der Waals surface area contributed by atoms with Gasteiger partial charge in [-0.1, -0.05) is 0 Å². The molecule has 1 aromatic carbocycles. The number of anilines is 1. The molecule has 2 amide bonds. The van der Waals surface area contributed by atoms with Gasteiger partial charge < -0.3 is 16.0 Å². The molecular weight excluding hydrogens is 356 g/mol. The highest BCUT2D eigenvalue weighted by molar-refractivity contribution is 7.17. The van der Waals surface area contributed by atoms with Crippen LogP contribution in [-0.2, 0) is 13.0 Å². The van der Waals surface area contributed by atoms with Crippen LogP contribution < -0.4 is 16.0 Å². The molecule has 1 aromatic heterocycles. The highest BCUT2D eigenvalue weighted by Crippen LogP contribution is 2.34. The molecule has 3 rings (SSSR count). The zero-order chi connectivity index (χ0) is 18.8. The van der Waals surface area contributed by atoms with E-state index in [1.807, 2.05) is 0 Å². The Labute approximate surface area is 153 Å². The number of nitro benzene ring substituents is 1. The Kier molecular flexibility index (Phi) is 5.01. The predicted molar refractivity (Wildman–Crippen MR) is 97.7 cm³/mol. The second-order valence-corrected chi connectivity index (χ2v) is 7.22.